The van der Waals surface area contributed by atoms with E-state index in [1.54, 1.807) is 12.1 Å². The Morgan fingerprint density at radius 2 is 1.83 bits per heavy atom. The maximum atomic E-state index is 12.0. The van der Waals surface area contributed by atoms with Gasteiger partial charge in [0.2, 0.25) is 5.88 Å². The van der Waals surface area contributed by atoms with Crippen molar-refractivity contribution in [2.75, 3.05) is 11.9 Å². The second-order valence-electron chi connectivity index (χ2n) is 5.26. The summed E-state index contributed by atoms with van der Waals surface area (Å²) >= 11 is 0. The lowest BCUT2D eigenvalue weighted by Crippen LogP contribution is -2.23. The molecule has 2 amide bonds. The normalized spacial score (nSPS) is 10.3. The molecule has 24 heavy (non-hydrogen) atoms. The Hall–Kier alpha value is -3.09. The minimum atomic E-state index is -0.854. The number of primary amides is 1. The van der Waals surface area contributed by atoms with Gasteiger partial charge in [-0.15, -0.1) is 0 Å². The zero-order valence-electron chi connectivity index (χ0n) is 13.6. The van der Waals surface area contributed by atoms with Gasteiger partial charge in [-0.3, -0.25) is 19.7 Å². The first-order valence-electron chi connectivity index (χ1n) is 7.23. The molecule has 7 heteroatoms. The number of nitrogens with two attached hydrogens (primary N) is 1. The number of carbonyl (C=O) groups is 3. The van der Waals surface area contributed by atoms with Gasteiger partial charge in [0, 0.05) is 0 Å². The van der Waals surface area contributed by atoms with E-state index in [1.807, 2.05) is 19.1 Å². The highest BCUT2D eigenvalue weighted by Gasteiger charge is 2.26. The van der Waals surface area contributed by atoms with Crippen LogP contribution < -0.4 is 15.8 Å². The lowest BCUT2D eigenvalue weighted by molar-refractivity contribution is -0.118. The molecule has 1 heterocycles. The van der Waals surface area contributed by atoms with Crippen molar-refractivity contribution in [3.05, 3.63) is 46.7 Å². The Morgan fingerprint density at radius 3 is 2.42 bits per heavy atom. The van der Waals surface area contributed by atoms with E-state index < -0.39 is 11.8 Å². The Kier molecular flexibility index (Phi) is 5.03. The fourth-order valence-corrected chi connectivity index (χ4v) is 2.32. The van der Waals surface area contributed by atoms with E-state index in [-0.39, 0.29) is 35.2 Å². The summed E-state index contributed by atoms with van der Waals surface area (Å²) < 4.78 is 10.7. The summed E-state index contributed by atoms with van der Waals surface area (Å²) in [5.74, 6) is -1.13. The van der Waals surface area contributed by atoms with Gasteiger partial charge in [0.25, 0.3) is 11.8 Å². The molecule has 0 saturated heterocycles. The second kappa shape index (κ2) is 6.99. The van der Waals surface area contributed by atoms with E-state index >= 15 is 0 Å². The summed E-state index contributed by atoms with van der Waals surface area (Å²) in [7, 11) is 0. The Bertz CT molecular complexity index is 807. The predicted octanol–water partition coefficient (Wildman–Crippen LogP) is 2.22. The fraction of sp³-hybridized carbons (Fsp3) is 0.235. The number of ether oxygens (including phenoxy) is 1. The van der Waals surface area contributed by atoms with Gasteiger partial charge in [-0.05, 0) is 32.4 Å². The highest BCUT2D eigenvalue weighted by atomic mass is 16.5. The van der Waals surface area contributed by atoms with Crippen LogP contribution in [0.2, 0.25) is 0 Å². The Labute approximate surface area is 138 Å². The molecule has 0 aliphatic rings. The van der Waals surface area contributed by atoms with Crippen LogP contribution in [0.4, 0.5) is 5.88 Å². The fourth-order valence-electron chi connectivity index (χ4n) is 2.32. The number of carbonyl (C=O) groups excluding carboxylic acids is 3. The third kappa shape index (κ3) is 3.62. The van der Waals surface area contributed by atoms with Crippen molar-refractivity contribution in [1.82, 2.24) is 0 Å². The molecule has 0 aliphatic heterocycles. The molecular weight excluding hydrogens is 312 g/mol. The van der Waals surface area contributed by atoms with E-state index in [1.165, 1.54) is 13.8 Å². The molecule has 3 N–H and O–H groups in total. The maximum Gasteiger partial charge on any atom is 0.264 e. The summed E-state index contributed by atoms with van der Waals surface area (Å²) in [5, 5.41) is 2.41. The number of furan rings is 1. The van der Waals surface area contributed by atoms with Crippen LogP contribution >= 0.6 is 0 Å². The quantitative estimate of drug-likeness (QED) is 0.789. The van der Waals surface area contributed by atoms with Crippen LogP contribution in [-0.2, 0) is 4.79 Å². The number of aryl methyl sites for hydroxylation is 2. The van der Waals surface area contributed by atoms with E-state index in [0.29, 0.717) is 5.75 Å². The van der Waals surface area contributed by atoms with Crippen LogP contribution in [0.5, 0.6) is 5.75 Å². The number of rotatable bonds is 6. The van der Waals surface area contributed by atoms with Crippen molar-refractivity contribution in [3.63, 3.8) is 0 Å². The zero-order chi connectivity index (χ0) is 17.9. The average Bonchev–Trinajstić information content (AvgIpc) is 2.82. The first-order valence-corrected chi connectivity index (χ1v) is 7.23. The molecule has 0 fully saturated rings. The first kappa shape index (κ1) is 17.3. The molecule has 0 aliphatic carbocycles. The highest BCUT2D eigenvalue weighted by molar-refractivity contribution is 6.12. The van der Waals surface area contributed by atoms with Gasteiger partial charge in [-0.25, -0.2) is 0 Å². The van der Waals surface area contributed by atoms with Crippen LogP contribution in [0.1, 0.15) is 39.0 Å². The van der Waals surface area contributed by atoms with Gasteiger partial charge < -0.3 is 14.9 Å². The van der Waals surface area contributed by atoms with Crippen molar-refractivity contribution >= 4 is 23.5 Å². The van der Waals surface area contributed by atoms with Gasteiger partial charge in [0.05, 0.1) is 5.56 Å². The van der Waals surface area contributed by atoms with Crippen molar-refractivity contribution in [2.24, 2.45) is 5.73 Å². The number of benzene rings is 1. The number of hydrogen-bond acceptors (Lipinski definition) is 5. The molecule has 0 atom stereocenters. The second-order valence-corrected chi connectivity index (χ2v) is 5.26. The smallest absolute Gasteiger partial charge is 0.264 e. The minimum Gasteiger partial charge on any atom is -0.483 e. The minimum absolute atomic E-state index is 0.0672. The van der Waals surface area contributed by atoms with Gasteiger partial charge in [-0.1, -0.05) is 18.2 Å². The van der Waals surface area contributed by atoms with E-state index in [4.69, 9.17) is 14.9 Å². The van der Waals surface area contributed by atoms with E-state index in [2.05, 4.69) is 5.32 Å². The molecule has 0 saturated carbocycles. The first-order chi connectivity index (χ1) is 11.3. The molecule has 2 aromatic rings. The zero-order valence-corrected chi connectivity index (χ0v) is 13.6. The van der Waals surface area contributed by atoms with Crippen LogP contribution in [0, 0.1) is 13.8 Å². The molecule has 126 valence electrons. The topological polar surface area (TPSA) is 112 Å². The standard InChI is InChI=1S/C17H18N2O5/c1-9-6-4-5-7-12(9)23-8-13(21)19-17-15(16(18)22)14(10(2)20)11(3)24-17/h4-7H,8H2,1-3H3,(H2,18,22)(H,19,21). The molecule has 1 aromatic heterocycles. The largest absolute Gasteiger partial charge is 0.483 e. The summed E-state index contributed by atoms with van der Waals surface area (Å²) in [6.45, 7) is 4.38. The highest BCUT2D eigenvalue weighted by Crippen LogP contribution is 2.27. The van der Waals surface area contributed by atoms with E-state index in [0.717, 1.165) is 5.56 Å². The number of ketones is 1. The molecule has 0 bridgehead atoms. The number of hydrogen-bond donors (Lipinski definition) is 2. The molecule has 2 rings (SSSR count). The molecule has 0 radical (unpaired) electrons. The molecule has 1 aromatic carbocycles. The summed E-state index contributed by atoms with van der Waals surface area (Å²) in [6, 6.07) is 7.24. The number of Topliss-reactive ketones (excluding diaryl/α,β-unsaturated/α-hetero) is 1. The lowest BCUT2D eigenvalue weighted by atomic mass is 10.1. The SMILES string of the molecule is CC(=O)c1c(C)oc(NC(=O)COc2ccccc2C)c1C(N)=O. The average molecular weight is 330 g/mol. The third-order valence-corrected chi connectivity index (χ3v) is 3.39. The number of anilines is 1. The van der Waals surface area contributed by atoms with Crippen molar-refractivity contribution < 1.29 is 23.5 Å². The van der Waals surface area contributed by atoms with Gasteiger partial charge in [0.15, 0.2) is 12.4 Å². The van der Waals surface area contributed by atoms with Crippen LogP contribution in [0.25, 0.3) is 0 Å². The van der Waals surface area contributed by atoms with Crippen LogP contribution in [-0.4, -0.2) is 24.2 Å². The summed E-state index contributed by atoms with van der Waals surface area (Å²) in [5.41, 5.74) is 6.11. The predicted molar refractivity (Wildman–Crippen MR) is 87.3 cm³/mol. The lowest BCUT2D eigenvalue weighted by Gasteiger charge is -2.08. The molecule has 0 unspecified atom stereocenters. The summed E-state index contributed by atoms with van der Waals surface area (Å²) in [4.78, 5) is 35.3. The van der Waals surface area contributed by atoms with Gasteiger partial charge in [0.1, 0.15) is 17.1 Å². The number of amides is 2. The van der Waals surface area contributed by atoms with Crippen molar-refractivity contribution in [2.45, 2.75) is 20.8 Å². The Morgan fingerprint density at radius 1 is 1.17 bits per heavy atom. The summed E-state index contributed by atoms with van der Waals surface area (Å²) in [6.07, 6.45) is 0. The molecular formula is C17H18N2O5. The molecule has 0 spiro atoms. The van der Waals surface area contributed by atoms with Gasteiger partial charge >= 0.3 is 0 Å². The van der Waals surface area contributed by atoms with Crippen LogP contribution in [0.3, 0.4) is 0 Å². The number of para-hydroxylation sites is 1. The maximum absolute atomic E-state index is 12.0. The monoisotopic (exact) mass is 330 g/mol. The van der Waals surface area contributed by atoms with Crippen molar-refractivity contribution in [3.8, 4) is 5.75 Å². The molecule has 7 nitrogen and oxygen atoms in total. The van der Waals surface area contributed by atoms with E-state index in [9.17, 15) is 14.4 Å². The third-order valence-electron chi connectivity index (χ3n) is 3.39. The van der Waals surface area contributed by atoms with Gasteiger partial charge in [-0.2, -0.15) is 0 Å². The Balaban J connectivity index is 2.15. The van der Waals surface area contributed by atoms with Crippen molar-refractivity contribution in [1.29, 1.82) is 0 Å². The number of nitrogens with one attached hydrogen (secondary N) is 1. The van der Waals surface area contributed by atoms with Crippen LogP contribution in [0.15, 0.2) is 28.7 Å².